The Kier molecular flexibility index (Phi) is 5.83. The molecule has 0 amide bonds. The van der Waals surface area contributed by atoms with E-state index in [1.807, 2.05) is 6.92 Å². The number of unbranched alkanes of at least 4 members (excludes halogenated alkanes) is 1. The van der Waals surface area contributed by atoms with Crippen molar-refractivity contribution < 1.29 is 9.84 Å². The van der Waals surface area contributed by atoms with Crippen LogP contribution in [0, 0.1) is 0 Å². The first-order valence-corrected chi connectivity index (χ1v) is 4.48. The van der Waals surface area contributed by atoms with Crippen LogP contribution in [0.5, 0.6) is 0 Å². The summed E-state index contributed by atoms with van der Waals surface area (Å²) in [5.41, 5.74) is 0. The molecule has 0 saturated heterocycles. The molecule has 0 aliphatic carbocycles. The van der Waals surface area contributed by atoms with Crippen LogP contribution in [0.25, 0.3) is 0 Å². The van der Waals surface area contributed by atoms with Gasteiger partial charge in [-0.3, -0.25) is 0 Å². The van der Waals surface area contributed by atoms with Crippen LogP contribution in [-0.2, 0) is 4.74 Å². The van der Waals surface area contributed by atoms with Gasteiger partial charge in [0.05, 0.1) is 0 Å². The van der Waals surface area contributed by atoms with Gasteiger partial charge >= 0.3 is 0 Å². The number of rotatable bonds is 4. The molecule has 0 unspecified atom stereocenters. The van der Waals surface area contributed by atoms with Gasteiger partial charge in [-0.15, -0.1) is 0 Å². The van der Waals surface area contributed by atoms with Gasteiger partial charge in [-0.1, -0.05) is 48.1 Å². The van der Waals surface area contributed by atoms with Gasteiger partial charge in [0.1, 0.15) is 0 Å². The van der Waals surface area contributed by atoms with E-state index in [4.69, 9.17) is 44.6 Å². The molecule has 5 heteroatoms. The van der Waals surface area contributed by atoms with Crippen molar-refractivity contribution in [1.29, 1.82) is 0 Å². The Morgan fingerprint density at radius 2 is 2.00 bits per heavy atom. The third-order valence-corrected chi connectivity index (χ3v) is 1.61. The highest BCUT2D eigenvalue weighted by Gasteiger charge is 2.31. The van der Waals surface area contributed by atoms with Gasteiger partial charge in [-0.25, -0.2) is 0 Å². The quantitative estimate of drug-likeness (QED) is 0.449. The molecule has 0 saturated carbocycles. The van der Waals surface area contributed by atoms with Gasteiger partial charge in [0.2, 0.25) is 10.1 Å². The monoisotopic (exact) mass is 220 g/mol. The molecule has 2 nitrogen and oxygen atoms in total. The third-order valence-electron chi connectivity index (χ3n) is 1.05. The van der Waals surface area contributed by atoms with Crippen LogP contribution >= 0.6 is 34.8 Å². The van der Waals surface area contributed by atoms with Crippen LogP contribution in [-0.4, -0.2) is 21.8 Å². The SMILES string of the molecule is CCCCO[C@@H](O)C(Cl)(Cl)Cl. The summed E-state index contributed by atoms with van der Waals surface area (Å²) in [6.45, 7) is 2.41. The normalized spacial score (nSPS) is 15.0. The Morgan fingerprint density at radius 1 is 1.45 bits per heavy atom. The number of alkyl halides is 3. The molecule has 68 valence electrons. The highest BCUT2D eigenvalue weighted by molar-refractivity contribution is 6.67. The molecule has 11 heavy (non-hydrogen) atoms. The molecule has 0 aromatic heterocycles. The minimum absolute atomic E-state index is 0.408. The number of hydrogen-bond acceptors (Lipinski definition) is 2. The molecule has 0 aliphatic heterocycles. The zero-order chi connectivity index (χ0) is 8.91. The van der Waals surface area contributed by atoms with Crippen molar-refractivity contribution in [1.82, 2.24) is 0 Å². The zero-order valence-electron chi connectivity index (χ0n) is 6.19. The zero-order valence-corrected chi connectivity index (χ0v) is 8.46. The van der Waals surface area contributed by atoms with E-state index >= 15 is 0 Å². The van der Waals surface area contributed by atoms with Crippen molar-refractivity contribution in [3.63, 3.8) is 0 Å². The number of halogens is 3. The van der Waals surface area contributed by atoms with Gasteiger partial charge in [0, 0.05) is 6.61 Å². The molecule has 0 radical (unpaired) electrons. The summed E-state index contributed by atoms with van der Waals surface area (Å²) in [7, 11) is 0. The molecule has 0 aromatic rings. The maximum atomic E-state index is 8.99. The van der Waals surface area contributed by atoms with Crippen molar-refractivity contribution in [2.75, 3.05) is 6.61 Å². The lowest BCUT2D eigenvalue weighted by Gasteiger charge is -2.18. The fraction of sp³-hybridized carbons (Fsp3) is 1.00. The molecular weight excluding hydrogens is 210 g/mol. The van der Waals surface area contributed by atoms with E-state index < -0.39 is 10.1 Å². The topological polar surface area (TPSA) is 29.5 Å². The average Bonchev–Trinajstić information content (AvgIpc) is 1.86. The van der Waals surface area contributed by atoms with E-state index in [1.54, 1.807) is 0 Å². The second kappa shape index (κ2) is 5.44. The summed E-state index contributed by atoms with van der Waals surface area (Å²) in [4.78, 5) is 0. The molecule has 0 aliphatic rings. The van der Waals surface area contributed by atoms with Crippen LogP contribution in [0.2, 0.25) is 0 Å². The van der Waals surface area contributed by atoms with E-state index in [2.05, 4.69) is 0 Å². The lowest BCUT2D eigenvalue weighted by Crippen LogP contribution is -2.28. The Labute approximate surface area is 81.4 Å². The van der Waals surface area contributed by atoms with Crippen LogP contribution < -0.4 is 0 Å². The molecule has 0 heterocycles. The fourth-order valence-corrected chi connectivity index (χ4v) is 0.623. The smallest absolute Gasteiger partial charge is 0.240 e. The average molecular weight is 222 g/mol. The van der Waals surface area contributed by atoms with Crippen molar-refractivity contribution in [2.24, 2.45) is 0 Å². The maximum Gasteiger partial charge on any atom is 0.240 e. The molecule has 0 bridgehead atoms. The van der Waals surface area contributed by atoms with Gasteiger partial charge in [0.15, 0.2) is 0 Å². The molecule has 1 N–H and O–H groups in total. The van der Waals surface area contributed by atoms with Crippen molar-refractivity contribution in [2.45, 2.75) is 29.8 Å². The number of aliphatic hydroxyl groups excluding tert-OH is 1. The third kappa shape index (κ3) is 6.00. The van der Waals surface area contributed by atoms with Crippen LogP contribution in [0.15, 0.2) is 0 Å². The first-order chi connectivity index (χ1) is 4.98. The Hall–Kier alpha value is 0.790. The predicted octanol–water partition coefficient (Wildman–Crippen LogP) is 2.49. The second-order valence-electron chi connectivity index (χ2n) is 2.12. The highest BCUT2D eigenvalue weighted by atomic mass is 35.6. The maximum absolute atomic E-state index is 8.99. The summed E-state index contributed by atoms with van der Waals surface area (Å²) in [6, 6.07) is 0. The summed E-state index contributed by atoms with van der Waals surface area (Å²) >= 11 is 16.0. The molecule has 0 fully saturated rings. The summed E-state index contributed by atoms with van der Waals surface area (Å²) < 4.78 is 3.06. The summed E-state index contributed by atoms with van der Waals surface area (Å²) in [5, 5.41) is 8.99. The van der Waals surface area contributed by atoms with Gasteiger partial charge in [-0.2, -0.15) is 0 Å². The Bertz CT molecular complexity index is 102. The first-order valence-electron chi connectivity index (χ1n) is 3.35. The van der Waals surface area contributed by atoms with E-state index in [0.717, 1.165) is 12.8 Å². The molecular formula is C6H11Cl3O2. The van der Waals surface area contributed by atoms with Crippen molar-refractivity contribution >= 4 is 34.8 Å². The van der Waals surface area contributed by atoms with E-state index in [1.165, 1.54) is 0 Å². The molecule has 0 spiro atoms. The minimum atomic E-state index is -1.74. The molecule has 1 atom stereocenters. The van der Waals surface area contributed by atoms with Gasteiger partial charge in [-0.05, 0) is 6.42 Å². The van der Waals surface area contributed by atoms with E-state index in [-0.39, 0.29) is 0 Å². The Balaban J connectivity index is 3.44. The minimum Gasteiger partial charge on any atom is -0.365 e. The standard InChI is InChI=1S/C6H11Cl3O2/c1-2-3-4-11-5(10)6(7,8)9/h5,10H,2-4H2,1H3/t5-/m1/s1. The molecule has 0 aromatic carbocycles. The van der Waals surface area contributed by atoms with Crippen molar-refractivity contribution in [3.05, 3.63) is 0 Å². The summed E-state index contributed by atoms with van der Waals surface area (Å²) in [6.07, 6.45) is 0.490. The second-order valence-corrected chi connectivity index (χ2v) is 4.49. The number of hydrogen-bond donors (Lipinski definition) is 1. The van der Waals surface area contributed by atoms with Crippen LogP contribution in [0.4, 0.5) is 0 Å². The Morgan fingerprint density at radius 3 is 2.36 bits per heavy atom. The summed E-state index contributed by atoms with van der Waals surface area (Å²) in [5.74, 6) is 0. The molecule has 0 rings (SSSR count). The number of aliphatic hydroxyl groups is 1. The van der Waals surface area contributed by atoms with Crippen LogP contribution in [0.1, 0.15) is 19.8 Å². The lowest BCUT2D eigenvalue weighted by molar-refractivity contribution is -0.0959. The van der Waals surface area contributed by atoms with Gasteiger partial charge in [0.25, 0.3) is 0 Å². The van der Waals surface area contributed by atoms with Crippen molar-refractivity contribution in [3.8, 4) is 0 Å². The highest BCUT2D eigenvalue weighted by Crippen LogP contribution is 2.30. The van der Waals surface area contributed by atoms with E-state index in [0.29, 0.717) is 6.61 Å². The predicted molar refractivity (Wildman–Crippen MR) is 47.2 cm³/mol. The first kappa shape index (κ1) is 11.8. The fourth-order valence-electron chi connectivity index (χ4n) is 0.434. The lowest BCUT2D eigenvalue weighted by atomic mass is 10.4. The van der Waals surface area contributed by atoms with Crippen LogP contribution in [0.3, 0.4) is 0 Å². The van der Waals surface area contributed by atoms with Gasteiger partial charge < -0.3 is 9.84 Å². The van der Waals surface area contributed by atoms with E-state index in [9.17, 15) is 0 Å². The number of ether oxygens (including phenoxy) is 1. The largest absolute Gasteiger partial charge is 0.365 e.